The second-order valence-electron chi connectivity index (χ2n) is 6.78. The molecule has 0 bridgehead atoms. The first-order chi connectivity index (χ1) is 12.3. The Hall–Kier alpha value is -2.96. The van der Waals surface area contributed by atoms with E-state index in [1.165, 1.54) is 32.0 Å². The Morgan fingerprint density at radius 3 is 2.96 bits per heavy atom. The van der Waals surface area contributed by atoms with Crippen LogP contribution in [0.25, 0.3) is 33.3 Å². The summed E-state index contributed by atoms with van der Waals surface area (Å²) in [5.74, 6) is 1.13. The van der Waals surface area contributed by atoms with E-state index in [0.717, 1.165) is 39.9 Å². The number of pyridine rings is 1. The van der Waals surface area contributed by atoms with Gasteiger partial charge in [0.05, 0.1) is 5.39 Å². The largest absolute Gasteiger partial charge is 0.383 e. The van der Waals surface area contributed by atoms with E-state index in [1.54, 1.807) is 0 Å². The van der Waals surface area contributed by atoms with E-state index in [9.17, 15) is 0 Å². The van der Waals surface area contributed by atoms with E-state index in [-0.39, 0.29) is 0 Å². The Balaban J connectivity index is 1.68. The molecule has 4 aromatic rings. The monoisotopic (exact) mass is 333 g/mol. The van der Waals surface area contributed by atoms with Crippen LogP contribution in [0.4, 0.5) is 5.82 Å². The first-order valence-electron chi connectivity index (χ1n) is 8.70. The minimum absolute atomic E-state index is 0.465. The summed E-state index contributed by atoms with van der Waals surface area (Å²) in [7, 11) is 0. The molecular formula is C18H19N7. The van der Waals surface area contributed by atoms with Gasteiger partial charge in [0.1, 0.15) is 23.5 Å². The standard InChI is InChI=1S/C18H19N7/c19-16-14-15(13-7-12-5-6-20-17(12)21-8-13)24-25(18(14)23-10-22-16)9-11-3-1-2-4-11/h5-8,10-11H,1-4,9H2,(H,20,21)(H2,19,22,23). The highest BCUT2D eigenvalue weighted by Gasteiger charge is 2.21. The van der Waals surface area contributed by atoms with Gasteiger partial charge in [0.15, 0.2) is 5.65 Å². The topological polar surface area (TPSA) is 98.3 Å². The van der Waals surface area contributed by atoms with E-state index in [2.05, 4.69) is 26.0 Å². The van der Waals surface area contributed by atoms with E-state index >= 15 is 0 Å². The lowest BCUT2D eigenvalue weighted by Gasteiger charge is -2.09. The zero-order valence-corrected chi connectivity index (χ0v) is 13.8. The number of aromatic amines is 1. The van der Waals surface area contributed by atoms with Gasteiger partial charge in [0, 0.05) is 29.9 Å². The third kappa shape index (κ3) is 2.34. The third-order valence-corrected chi connectivity index (χ3v) is 5.14. The SMILES string of the molecule is Nc1ncnc2c1c(-c1cnc3[nH]ccc3c1)nn2CC1CCCC1. The molecule has 126 valence electrons. The highest BCUT2D eigenvalue weighted by molar-refractivity contribution is 5.99. The molecule has 0 aliphatic heterocycles. The Morgan fingerprint density at radius 2 is 2.08 bits per heavy atom. The maximum atomic E-state index is 6.18. The lowest BCUT2D eigenvalue weighted by molar-refractivity contribution is 0.436. The van der Waals surface area contributed by atoms with E-state index < -0.39 is 0 Å². The van der Waals surface area contributed by atoms with Crippen LogP contribution in [0.1, 0.15) is 25.7 Å². The van der Waals surface area contributed by atoms with Crippen molar-refractivity contribution in [2.45, 2.75) is 32.2 Å². The average molecular weight is 333 g/mol. The number of nitrogens with one attached hydrogen (secondary N) is 1. The predicted molar refractivity (Wildman–Crippen MR) is 96.8 cm³/mol. The molecule has 1 aliphatic rings. The van der Waals surface area contributed by atoms with Crippen molar-refractivity contribution in [3.8, 4) is 11.3 Å². The Morgan fingerprint density at radius 1 is 1.20 bits per heavy atom. The molecule has 0 aromatic carbocycles. The number of H-pyrrole nitrogens is 1. The van der Waals surface area contributed by atoms with Crippen LogP contribution in [-0.4, -0.2) is 29.7 Å². The molecule has 7 heteroatoms. The van der Waals surface area contributed by atoms with Gasteiger partial charge in [-0.05, 0) is 30.9 Å². The number of nitrogens with zero attached hydrogens (tertiary/aromatic N) is 5. The molecule has 3 N–H and O–H groups in total. The third-order valence-electron chi connectivity index (χ3n) is 5.14. The molecule has 0 saturated heterocycles. The highest BCUT2D eigenvalue weighted by Crippen LogP contribution is 2.33. The molecule has 0 amide bonds. The van der Waals surface area contributed by atoms with Gasteiger partial charge in [-0.25, -0.2) is 19.6 Å². The molecule has 1 aliphatic carbocycles. The molecule has 0 unspecified atom stereocenters. The molecule has 25 heavy (non-hydrogen) atoms. The highest BCUT2D eigenvalue weighted by atomic mass is 15.3. The fraction of sp³-hybridized carbons (Fsp3) is 0.333. The van der Waals surface area contributed by atoms with Crippen molar-refractivity contribution in [3.63, 3.8) is 0 Å². The molecule has 7 nitrogen and oxygen atoms in total. The van der Waals surface area contributed by atoms with Crippen LogP contribution in [0, 0.1) is 5.92 Å². The molecule has 0 atom stereocenters. The summed E-state index contributed by atoms with van der Waals surface area (Å²) in [5, 5.41) is 6.72. The van der Waals surface area contributed by atoms with Gasteiger partial charge < -0.3 is 10.7 Å². The van der Waals surface area contributed by atoms with E-state index in [1.807, 2.05) is 23.1 Å². The van der Waals surface area contributed by atoms with Gasteiger partial charge in [-0.15, -0.1) is 0 Å². The maximum absolute atomic E-state index is 6.18. The molecule has 1 fully saturated rings. The summed E-state index contributed by atoms with van der Waals surface area (Å²) in [6.07, 6.45) is 10.4. The van der Waals surface area contributed by atoms with E-state index in [0.29, 0.717) is 11.7 Å². The van der Waals surface area contributed by atoms with Gasteiger partial charge in [-0.1, -0.05) is 12.8 Å². The second kappa shape index (κ2) is 5.54. The Bertz CT molecular complexity index is 1060. The second-order valence-corrected chi connectivity index (χ2v) is 6.78. The predicted octanol–water partition coefficient (Wildman–Crippen LogP) is 3.14. The van der Waals surface area contributed by atoms with Crippen LogP contribution in [0.15, 0.2) is 30.9 Å². The molecule has 5 rings (SSSR count). The van der Waals surface area contributed by atoms with Crippen LogP contribution in [-0.2, 0) is 6.54 Å². The number of fused-ring (bicyclic) bond motifs is 2. The zero-order valence-electron chi connectivity index (χ0n) is 13.8. The first-order valence-corrected chi connectivity index (χ1v) is 8.70. The normalized spacial score (nSPS) is 15.5. The summed E-state index contributed by atoms with van der Waals surface area (Å²) in [6.45, 7) is 0.882. The van der Waals surface area contributed by atoms with Gasteiger partial charge in [-0.2, -0.15) is 5.10 Å². The number of rotatable bonds is 3. The Labute approximate surface area is 144 Å². The number of hydrogen-bond acceptors (Lipinski definition) is 5. The fourth-order valence-corrected chi connectivity index (χ4v) is 3.87. The number of nitrogen functional groups attached to an aromatic ring is 1. The number of anilines is 1. The molecular weight excluding hydrogens is 314 g/mol. The lowest BCUT2D eigenvalue weighted by atomic mass is 10.1. The number of hydrogen-bond donors (Lipinski definition) is 2. The van der Waals surface area contributed by atoms with Crippen LogP contribution < -0.4 is 5.73 Å². The first kappa shape index (κ1) is 14.4. The smallest absolute Gasteiger partial charge is 0.163 e. The molecule has 4 aromatic heterocycles. The van der Waals surface area contributed by atoms with E-state index in [4.69, 9.17) is 10.8 Å². The van der Waals surface area contributed by atoms with Crippen molar-refractivity contribution in [1.29, 1.82) is 0 Å². The quantitative estimate of drug-likeness (QED) is 0.600. The van der Waals surface area contributed by atoms with Crippen molar-refractivity contribution in [2.75, 3.05) is 5.73 Å². The van der Waals surface area contributed by atoms with Crippen LogP contribution in [0.3, 0.4) is 0 Å². The number of aromatic nitrogens is 6. The van der Waals surface area contributed by atoms with Crippen LogP contribution in [0.5, 0.6) is 0 Å². The van der Waals surface area contributed by atoms with Crippen molar-refractivity contribution < 1.29 is 0 Å². The lowest BCUT2D eigenvalue weighted by Crippen LogP contribution is -2.09. The fourth-order valence-electron chi connectivity index (χ4n) is 3.87. The van der Waals surface area contributed by atoms with Crippen molar-refractivity contribution in [3.05, 3.63) is 30.9 Å². The average Bonchev–Trinajstić information content (AvgIpc) is 3.35. The molecule has 0 radical (unpaired) electrons. The summed E-state index contributed by atoms with van der Waals surface area (Å²) >= 11 is 0. The zero-order chi connectivity index (χ0) is 16.8. The minimum Gasteiger partial charge on any atom is -0.383 e. The summed E-state index contributed by atoms with van der Waals surface area (Å²) in [6, 6.07) is 4.08. The number of nitrogens with two attached hydrogens (primary N) is 1. The van der Waals surface area contributed by atoms with Gasteiger partial charge >= 0.3 is 0 Å². The van der Waals surface area contributed by atoms with Crippen LogP contribution >= 0.6 is 0 Å². The minimum atomic E-state index is 0.465. The van der Waals surface area contributed by atoms with Crippen molar-refractivity contribution >= 4 is 27.9 Å². The molecule has 1 saturated carbocycles. The summed E-state index contributed by atoms with van der Waals surface area (Å²) in [5.41, 5.74) is 9.59. The van der Waals surface area contributed by atoms with Gasteiger partial charge in [-0.3, -0.25) is 0 Å². The summed E-state index contributed by atoms with van der Waals surface area (Å²) in [4.78, 5) is 16.2. The van der Waals surface area contributed by atoms with Crippen molar-refractivity contribution in [1.82, 2.24) is 29.7 Å². The van der Waals surface area contributed by atoms with Gasteiger partial charge in [0.25, 0.3) is 0 Å². The molecule has 0 spiro atoms. The Kier molecular flexibility index (Phi) is 3.19. The van der Waals surface area contributed by atoms with Gasteiger partial charge in [0.2, 0.25) is 0 Å². The van der Waals surface area contributed by atoms with Crippen LogP contribution in [0.2, 0.25) is 0 Å². The van der Waals surface area contributed by atoms with Crippen molar-refractivity contribution in [2.24, 2.45) is 5.92 Å². The summed E-state index contributed by atoms with van der Waals surface area (Å²) < 4.78 is 2.00. The maximum Gasteiger partial charge on any atom is 0.163 e. The molecule has 4 heterocycles.